The Morgan fingerprint density at radius 1 is 1.24 bits per heavy atom. The Bertz CT molecular complexity index is 760. The largest absolute Gasteiger partial charge is 0.481 e. The van der Waals surface area contributed by atoms with Gasteiger partial charge in [0.2, 0.25) is 0 Å². The molecule has 1 aromatic carbocycles. The summed E-state index contributed by atoms with van der Waals surface area (Å²) in [6, 6.07) is 7.48. The zero-order valence-corrected chi connectivity index (χ0v) is 14.4. The number of carbonyl (C=O) groups is 2. The summed E-state index contributed by atoms with van der Waals surface area (Å²) in [4.78, 5) is 26.1. The zero-order valence-electron chi connectivity index (χ0n) is 14.4. The highest BCUT2D eigenvalue weighted by Gasteiger charge is 2.30. The van der Waals surface area contributed by atoms with E-state index in [1.54, 1.807) is 4.90 Å². The highest BCUT2D eigenvalue weighted by molar-refractivity contribution is 6.07. The lowest BCUT2D eigenvalue weighted by Gasteiger charge is -2.34. The number of aryl methyl sites for hydroxylation is 1. The van der Waals surface area contributed by atoms with Crippen molar-refractivity contribution in [1.82, 2.24) is 4.90 Å². The number of carboxylic acid groups (broad SMARTS) is 1. The summed E-state index contributed by atoms with van der Waals surface area (Å²) in [6.45, 7) is 3.33. The molecule has 25 heavy (non-hydrogen) atoms. The van der Waals surface area contributed by atoms with Crippen LogP contribution in [0.4, 0.5) is 0 Å². The smallest absolute Gasteiger partial charge is 0.305 e. The van der Waals surface area contributed by atoms with Gasteiger partial charge in [0.1, 0.15) is 11.3 Å². The van der Waals surface area contributed by atoms with Gasteiger partial charge in [-0.3, -0.25) is 9.59 Å². The van der Waals surface area contributed by atoms with Gasteiger partial charge in [-0.15, -0.1) is 0 Å². The van der Waals surface area contributed by atoms with Crippen LogP contribution in [-0.4, -0.2) is 47.7 Å². The van der Waals surface area contributed by atoms with Gasteiger partial charge in [-0.2, -0.15) is 0 Å². The van der Waals surface area contributed by atoms with Crippen LogP contribution in [0.3, 0.4) is 0 Å². The minimum atomic E-state index is -0.905. The molecule has 1 amide bonds. The first-order chi connectivity index (χ1) is 12.1. The summed E-state index contributed by atoms with van der Waals surface area (Å²) < 4.78 is 11.2. The van der Waals surface area contributed by atoms with Gasteiger partial charge in [-0.1, -0.05) is 25.1 Å². The molecule has 3 rings (SSSR count). The van der Waals surface area contributed by atoms with E-state index in [1.807, 2.05) is 31.2 Å². The number of benzene rings is 1. The molecule has 134 valence electrons. The third-order valence-corrected chi connectivity index (χ3v) is 4.66. The Morgan fingerprint density at radius 2 is 1.96 bits per heavy atom. The van der Waals surface area contributed by atoms with E-state index in [4.69, 9.17) is 14.3 Å². The average molecular weight is 345 g/mol. The lowest BCUT2D eigenvalue weighted by Crippen LogP contribution is -2.44. The summed E-state index contributed by atoms with van der Waals surface area (Å²) in [6.07, 6.45) is 1.99. The van der Waals surface area contributed by atoms with Crippen molar-refractivity contribution in [3.05, 3.63) is 35.6 Å². The second-order valence-corrected chi connectivity index (χ2v) is 6.24. The predicted molar refractivity (Wildman–Crippen MR) is 92.7 cm³/mol. The van der Waals surface area contributed by atoms with Crippen LogP contribution in [0.1, 0.15) is 42.3 Å². The number of rotatable bonds is 6. The van der Waals surface area contributed by atoms with Crippen LogP contribution in [0, 0.1) is 0 Å². The number of furan rings is 1. The fourth-order valence-corrected chi connectivity index (χ4v) is 3.39. The van der Waals surface area contributed by atoms with Crippen molar-refractivity contribution < 1.29 is 23.8 Å². The Hall–Kier alpha value is -2.34. The SMILES string of the molecule is CCc1oc2ccccc2c1C(=O)N(CCC(=O)O)C1CCOCC1. The topological polar surface area (TPSA) is 80.0 Å². The number of nitrogens with zero attached hydrogens (tertiary/aromatic N) is 1. The van der Waals surface area contributed by atoms with Gasteiger partial charge in [0.25, 0.3) is 5.91 Å². The Balaban J connectivity index is 1.97. The van der Waals surface area contributed by atoms with Crippen molar-refractivity contribution in [3.63, 3.8) is 0 Å². The average Bonchev–Trinajstić information content (AvgIpc) is 3.01. The molecule has 1 fully saturated rings. The molecule has 0 aliphatic carbocycles. The molecule has 0 saturated carbocycles. The van der Waals surface area contributed by atoms with Crippen LogP contribution in [0.25, 0.3) is 11.0 Å². The first-order valence-corrected chi connectivity index (χ1v) is 8.72. The molecule has 1 aromatic heterocycles. The van der Waals surface area contributed by atoms with E-state index in [2.05, 4.69) is 0 Å². The van der Waals surface area contributed by atoms with Crippen molar-refractivity contribution in [3.8, 4) is 0 Å². The number of hydrogen-bond acceptors (Lipinski definition) is 4. The normalized spacial score (nSPS) is 15.4. The number of fused-ring (bicyclic) bond motifs is 1. The van der Waals surface area contributed by atoms with Gasteiger partial charge in [0.05, 0.1) is 12.0 Å². The molecule has 6 nitrogen and oxygen atoms in total. The van der Waals surface area contributed by atoms with Gasteiger partial charge < -0.3 is 19.2 Å². The molecule has 0 bridgehead atoms. The minimum Gasteiger partial charge on any atom is -0.481 e. The van der Waals surface area contributed by atoms with E-state index >= 15 is 0 Å². The van der Waals surface area contributed by atoms with E-state index < -0.39 is 5.97 Å². The monoisotopic (exact) mass is 345 g/mol. The molecule has 1 saturated heterocycles. The van der Waals surface area contributed by atoms with Crippen molar-refractivity contribution in [1.29, 1.82) is 0 Å². The number of hydrogen-bond donors (Lipinski definition) is 1. The summed E-state index contributed by atoms with van der Waals surface area (Å²) in [5.41, 5.74) is 1.25. The van der Waals surface area contributed by atoms with Crippen molar-refractivity contribution >= 4 is 22.8 Å². The van der Waals surface area contributed by atoms with Crippen LogP contribution < -0.4 is 0 Å². The van der Waals surface area contributed by atoms with Gasteiger partial charge >= 0.3 is 5.97 Å². The lowest BCUT2D eigenvalue weighted by molar-refractivity contribution is -0.137. The van der Waals surface area contributed by atoms with E-state index in [9.17, 15) is 9.59 Å². The highest BCUT2D eigenvalue weighted by Crippen LogP contribution is 2.29. The first-order valence-electron chi connectivity index (χ1n) is 8.72. The molecule has 6 heteroatoms. The Labute approximate surface area is 146 Å². The summed E-state index contributed by atoms with van der Waals surface area (Å²) >= 11 is 0. The highest BCUT2D eigenvalue weighted by atomic mass is 16.5. The molecular weight excluding hydrogens is 322 g/mol. The molecule has 2 aromatic rings. The van der Waals surface area contributed by atoms with E-state index in [1.165, 1.54) is 0 Å². The molecule has 0 atom stereocenters. The van der Waals surface area contributed by atoms with Gasteiger partial charge in [0, 0.05) is 37.6 Å². The van der Waals surface area contributed by atoms with Crippen LogP contribution >= 0.6 is 0 Å². The maximum atomic E-state index is 13.3. The molecule has 0 spiro atoms. The number of carbonyl (C=O) groups excluding carboxylic acids is 1. The van der Waals surface area contributed by atoms with Crippen LogP contribution in [-0.2, 0) is 16.0 Å². The summed E-state index contributed by atoms with van der Waals surface area (Å²) in [7, 11) is 0. The maximum absolute atomic E-state index is 13.3. The fraction of sp³-hybridized carbons (Fsp3) is 0.474. The molecule has 1 aliphatic rings. The summed E-state index contributed by atoms with van der Waals surface area (Å²) in [5.74, 6) is -0.397. The third-order valence-electron chi connectivity index (χ3n) is 4.66. The first kappa shape index (κ1) is 17.5. The summed E-state index contributed by atoms with van der Waals surface area (Å²) in [5, 5.41) is 9.85. The second-order valence-electron chi connectivity index (χ2n) is 6.24. The molecule has 1 aliphatic heterocycles. The Kier molecular flexibility index (Phi) is 5.38. The predicted octanol–water partition coefficient (Wildman–Crippen LogP) is 3.09. The molecule has 0 radical (unpaired) electrons. The molecular formula is C19H23NO5. The van der Waals surface area contributed by atoms with E-state index in [-0.39, 0.29) is 24.9 Å². The quantitative estimate of drug-likeness (QED) is 0.870. The minimum absolute atomic E-state index is 0.000955. The fourth-order valence-electron chi connectivity index (χ4n) is 3.39. The van der Waals surface area contributed by atoms with Crippen molar-refractivity contribution in [2.45, 2.75) is 38.6 Å². The van der Waals surface area contributed by atoms with Gasteiger partial charge in [-0.25, -0.2) is 0 Å². The van der Waals surface area contributed by atoms with Crippen molar-refractivity contribution in [2.24, 2.45) is 0 Å². The van der Waals surface area contributed by atoms with E-state index in [0.29, 0.717) is 36.5 Å². The van der Waals surface area contributed by atoms with Crippen LogP contribution in [0.2, 0.25) is 0 Å². The molecule has 1 N–H and O–H groups in total. The van der Waals surface area contributed by atoms with Crippen LogP contribution in [0.5, 0.6) is 0 Å². The van der Waals surface area contributed by atoms with Crippen molar-refractivity contribution in [2.75, 3.05) is 19.8 Å². The van der Waals surface area contributed by atoms with Gasteiger partial charge in [-0.05, 0) is 18.9 Å². The molecule has 2 heterocycles. The van der Waals surface area contributed by atoms with E-state index in [0.717, 1.165) is 18.2 Å². The van der Waals surface area contributed by atoms with Gasteiger partial charge in [0.15, 0.2) is 0 Å². The Morgan fingerprint density at radius 3 is 2.64 bits per heavy atom. The number of carboxylic acids is 1. The number of amides is 1. The number of ether oxygens (including phenoxy) is 1. The number of aliphatic carboxylic acids is 1. The maximum Gasteiger partial charge on any atom is 0.305 e. The second kappa shape index (κ2) is 7.70. The molecule has 0 unspecified atom stereocenters. The zero-order chi connectivity index (χ0) is 17.8. The standard InChI is InChI=1S/C19H23NO5/c1-2-15-18(14-5-3-4-6-16(14)25-15)19(23)20(10-7-17(21)22)13-8-11-24-12-9-13/h3-6,13H,2,7-12H2,1H3,(H,21,22). The third kappa shape index (κ3) is 3.69. The lowest BCUT2D eigenvalue weighted by atomic mass is 10.0. The van der Waals surface area contributed by atoms with Crippen LogP contribution in [0.15, 0.2) is 28.7 Å². The number of para-hydroxylation sites is 1.